The monoisotopic (exact) mass is 983 g/mol. The van der Waals surface area contributed by atoms with Gasteiger partial charge in [-0.15, -0.1) is 0 Å². The average Bonchev–Trinajstić information content (AvgIpc) is 4.04. The number of aryl methyl sites for hydroxylation is 1. The van der Waals surface area contributed by atoms with Crippen LogP contribution in [0.15, 0.2) is 267 Å². The van der Waals surface area contributed by atoms with E-state index in [9.17, 15) is 0 Å². The molecule has 77 heavy (non-hydrogen) atoms. The summed E-state index contributed by atoms with van der Waals surface area (Å²) in [7, 11) is 0. The predicted molar refractivity (Wildman–Crippen MR) is 322 cm³/mol. The Morgan fingerprint density at radius 2 is 0.831 bits per heavy atom. The summed E-state index contributed by atoms with van der Waals surface area (Å²) >= 11 is 0. The summed E-state index contributed by atoms with van der Waals surface area (Å²) < 4.78 is 4.76. The third-order valence-electron chi connectivity index (χ3n) is 15.1. The van der Waals surface area contributed by atoms with Crippen molar-refractivity contribution in [1.82, 2.24) is 24.1 Å². The van der Waals surface area contributed by atoms with Crippen LogP contribution in [0.2, 0.25) is 0 Å². The number of rotatable bonds is 10. The Balaban J connectivity index is 0.907. The average molecular weight is 984 g/mol. The molecule has 3 heterocycles. The van der Waals surface area contributed by atoms with Crippen LogP contribution in [0.4, 0.5) is 0 Å². The molecule has 0 saturated carbocycles. The van der Waals surface area contributed by atoms with Gasteiger partial charge in [0.15, 0.2) is 17.5 Å². The Morgan fingerprint density at radius 3 is 1.44 bits per heavy atom. The topological polar surface area (TPSA) is 48.5 Å². The highest BCUT2D eigenvalue weighted by molar-refractivity contribution is 6.11. The van der Waals surface area contributed by atoms with Gasteiger partial charge in [-0.05, 0) is 129 Å². The molecule has 5 nitrogen and oxygen atoms in total. The normalized spacial score (nSPS) is 11.8. The van der Waals surface area contributed by atoms with Crippen LogP contribution in [0.5, 0.6) is 0 Å². The number of aromatic nitrogens is 5. The minimum Gasteiger partial charge on any atom is -0.309 e. The SMILES string of the molecule is C=C/C(=C\c1cc(-c2nc(-c3ccccc3)nc(-c3ccc4ccc(-n5c6ccccc6c6ccccc65)cc4c3)n2)ccc1C)c1cc(-c2cccc(-c3ccccc3)c2)ccc1-n1c2ccccc2c2ccccc21. The molecule has 0 bridgehead atoms. The zero-order valence-corrected chi connectivity index (χ0v) is 42.3. The third-order valence-corrected chi connectivity index (χ3v) is 15.1. The quantitative estimate of drug-likeness (QED) is 0.101. The molecule has 0 N–H and O–H groups in total. The standard InChI is InChI=1S/C72H49N5/c1-3-48(64-46-54(53-24-18-23-52(42-53)49-19-6-4-7-20-49)38-40-69(64)77-67-31-16-12-27-62(67)63-28-13-17-32-68(63)77)41-57-43-55(34-33-47(57)2)71-73-70(51-21-8-5-9-22-51)74-72(75-71)56-36-35-50-37-39-59(45-58(50)44-56)76-65-29-14-10-25-60(65)61-26-11-15-30-66(61)76/h3-46H,1H2,2H3/b48-41+. The maximum Gasteiger partial charge on any atom is 0.164 e. The van der Waals surface area contributed by atoms with E-state index in [1.54, 1.807) is 0 Å². The molecule has 5 heteroatoms. The smallest absolute Gasteiger partial charge is 0.164 e. The molecule has 0 unspecified atom stereocenters. The van der Waals surface area contributed by atoms with Crippen molar-refractivity contribution in [2.75, 3.05) is 0 Å². The zero-order chi connectivity index (χ0) is 51.4. The van der Waals surface area contributed by atoms with E-state index in [1.807, 2.05) is 24.3 Å². The van der Waals surface area contributed by atoms with Crippen LogP contribution in [0.3, 0.4) is 0 Å². The first-order valence-electron chi connectivity index (χ1n) is 26.1. The van der Waals surface area contributed by atoms with E-state index in [2.05, 4.69) is 265 Å². The molecule has 0 fully saturated rings. The largest absolute Gasteiger partial charge is 0.309 e. The van der Waals surface area contributed by atoms with Gasteiger partial charge >= 0.3 is 0 Å². The van der Waals surface area contributed by atoms with Gasteiger partial charge in [-0.2, -0.15) is 0 Å². The molecule has 0 aliphatic heterocycles. The number of nitrogens with zero attached hydrogens (tertiary/aromatic N) is 5. The van der Waals surface area contributed by atoms with Gasteiger partial charge in [0.25, 0.3) is 0 Å². The minimum absolute atomic E-state index is 0.592. The van der Waals surface area contributed by atoms with Gasteiger partial charge in [0.2, 0.25) is 0 Å². The fourth-order valence-corrected chi connectivity index (χ4v) is 11.2. The lowest BCUT2D eigenvalue weighted by atomic mass is 9.93. The molecule has 362 valence electrons. The highest BCUT2D eigenvalue weighted by Gasteiger charge is 2.20. The van der Waals surface area contributed by atoms with Crippen LogP contribution in [0.1, 0.15) is 16.7 Å². The van der Waals surface area contributed by atoms with Crippen LogP contribution in [-0.2, 0) is 0 Å². The molecule has 3 aromatic heterocycles. The Bertz CT molecular complexity index is 4550. The zero-order valence-electron chi connectivity index (χ0n) is 42.3. The number of benzene rings is 11. The molecule has 0 spiro atoms. The molecular weight excluding hydrogens is 935 g/mol. The number of hydrogen-bond acceptors (Lipinski definition) is 3. The van der Waals surface area contributed by atoms with Gasteiger partial charge in [0.1, 0.15) is 0 Å². The summed E-state index contributed by atoms with van der Waals surface area (Å²) in [6.07, 6.45) is 4.25. The molecule has 0 atom stereocenters. The van der Waals surface area contributed by atoms with E-state index < -0.39 is 0 Å². The fourth-order valence-electron chi connectivity index (χ4n) is 11.2. The van der Waals surface area contributed by atoms with Gasteiger partial charge < -0.3 is 9.13 Å². The van der Waals surface area contributed by atoms with E-state index in [4.69, 9.17) is 15.0 Å². The van der Waals surface area contributed by atoms with Crippen molar-refractivity contribution in [3.63, 3.8) is 0 Å². The van der Waals surface area contributed by atoms with Crippen LogP contribution in [-0.4, -0.2) is 24.1 Å². The molecule has 0 saturated heterocycles. The van der Waals surface area contributed by atoms with E-state index in [-0.39, 0.29) is 0 Å². The highest BCUT2D eigenvalue weighted by Crippen LogP contribution is 2.40. The number of hydrogen-bond donors (Lipinski definition) is 0. The summed E-state index contributed by atoms with van der Waals surface area (Å²) in [5.41, 5.74) is 18.3. The fraction of sp³-hybridized carbons (Fsp3) is 0.0139. The van der Waals surface area contributed by atoms with E-state index in [0.717, 1.165) is 83.3 Å². The molecule has 11 aromatic carbocycles. The van der Waals surface area contributed by atoms with Gasteiger partial charge in [-0.3, -0.25) is 0 Å². The number of allylic oxidation sites excluding steroid dienone is 2. The van der Waals surface area contributed by atoms with Gasteiger partial charge in [0.05, 0.1) is 27.8 Å². The first-order valence-corrected chi connectivity index (χ1v) is 26.1. The van der Waals surface area contributed by atoms with Gasteiger partial charge in [-0.1, -0.05) is 201 Å². The molecule has 0 amide bonds. The lowest BCUT2D eigenvalue weighted by Crippen LogP contribution is -2.01. The maximum atomic E-state index is 5.30. The molecule has 0 radical (unpaired) electrons. The third kappa shape index (κ3) is 8.09. The van der Waals surface area contributed by atoms with Crippen molar-refractivity contribution in [2.24, 2.45) is 0 Å². The second-order valence-corrected chi connectivity index (χ2v) is 19.7. The number of fused-ring (bicyclic) bond motifs is 7. The lowest BCUT2D eigenvalue weighted by molar-refractivity contribution is 1.07. The summed E-state index contributed by atoms with van der Waals surface area (Å²) in [6, 6.07) is 90.7. The Labute approximate surface area is 446 Å². The Hall–Kier alpha value is -10.2. The first-order chi connectivity index (χ1) is 38.0. The van der Waals surface area contributed by atoms with Gasteiger partial charge in [0, 0.05) is 49.5 Å². The van der Waals surface area contributed by atoms with E-state index in [1.165, 1.54) is 43.7 Å². The van der Waals surface area contributed by atoms with Crippen molar-refractivity contribution in [3.8, 4) is 67.8 Å². The molecule has 0 aliphatic carbocycles. The number of para-hydroxylation sites is 4. The van der Waals surface area contributed by atoms with Crippen molar-refractivity contribution in [1.29, 1.82) is 0 Å². The minimum atomic E-state index is 0.592. The van der Waals surface area contributed by atoms with Crippen LogP contribution in [0.25, 0.3) is 134 Å². The van der Waals surface area contributed by atoms with Crippen LogP contribution < -0.4 is 0 Å². The van der Waals surface area contributed by atoms with E-state index >= 15 is 0 Å². The molecule has 0 aliphatic rings. The van der Waals surface area contributed by atoms with Crippen molar-refractivity contribution in [2.45, 2.75) is 6.92 Å². The first kappa shape index (κ1) is 45.4. The highest BCUT2D eigenvalue weighted by atomic mass is 15.0. The summed E-state index contributed by atoms with van der Waals surface area (Å²) in [5, 5.41) is 7.12. The molecule has 14 rings (SSSR count). The van der Waals surface area contributed by atoms with Crippen molar-refractivity contribution in [3.05, 3.63) is 284 Å². The Morgan fingerprint density at radius 1 is 0.364 bits per heavy atom. The summed E-state index contributed by atoms with van der Waals surface area (Å²) in [5.74, 6) is 1.80. The molecule has 14 aromatic rings. The molecular formula is C72H49N5. The predicted octanol–water partition coefficient (Wildman–Crippen LogP) is 18.6. The Kier molecular flexibility index (Phi) is 11.2. The van der Waals surface area contributed by atoms with Crippen LogP contribution >= 0.6 is 0 Å². The lowest BCUT2D eigenvalue weighted by Gasteiger charge is -2.17. The summed E-state index contributed by atoms with van der Waals surface area (Å²) in [6.45, 7) is 6.65. The van der Waals surface area contributed by atoms with Crippen molar-refractivity contribution >= 4 is 66.0 Å². The maximum absolute atomic E-state index is 5.30. The van der Waals surface area contributed by atoms with E-state index in [0.29, 0.717) is 17.5 Å². The second-order valence-electron chi connectivity index (χ2n) is 19.7. The van der Waals surface area contributed by atoms with Crippen molar-refractivity contribution < 1.29 is 0 Å². The van der Waals surface area contributed by atoms with Gasteiger partial charge in [-0.25, -0.2) is 15.0 Å². The van der Waals surface area contributed by atoms with Crippen LogP contribution in [0, 0.1) is 6.92 Å². The second kappa shape index (κ2) is 18.9. The summed E-state index contributed by atoms with van der Waals surface area (Å²) in [4.78, 5) is 15.7.